The van der Waals surface area contributed by atoms with Crippen LogP contribution in [0.5, 0.6) is 0 Å². The lowest BCUT2D eigenvalue weighted by Gasteiger charge is -2.33. The Hall–Kier alpha value is -1.29. The smallest absolute Gasteiger partial charge is 0.255 e. The number of aromatic nitrogens is 1. The van der Waals surface area contributed by atoms with Gasteiger partial charge in [-0.15, -0.1) is 0 Å². The summed E-state index contributed by atoms with van der Waals surface area (Å²) >= 11 is 6.13. The molecule has 4 nitrogen and oxygen atoms in total. The first kappa shape index (κ1) is 14.1. The van der Waals surface area contributed by atoms with E-state index in [0.717, 1.165) is 25.9 Å². The van der Waals surface area contributed by atoms with Crippen LogP contribution in [0.2, 0.25) is 5.02 Å². The number of halogens is 1. The molecule has 0 aromatic carbocycles. The first-order valence-electron chi connectivity index (χ1n) is 6.84. The van der Waals surface area contributed by atoms with Crippen LogP contribution in [0.15, 0.2) is 12.3 Å². The third kappa shape index (κ3) is 3.18. The van der Waals surface area contributed by atoms with Gasteiger partial charge in [0.25, 0.3) is 5.91 Å². The van der Waals surface area contributed by atoms with Gasteiger partial charge in [0.15, 0.2) is 0 Å². The highest BCUT2D eigenvalue weighted by atomic mass is 35.5. The number of nitrogens with zero attached hydrogens (tertiary/aromatic N) is 2. The Bertz CT molecular complexity index is 464. The van der Waals surface area contributed by atoms with Gasteiger partial charge in [0.1, 0.15) is 5.82 Å². The number of hydrogen-bond donors (Lipinski definition) is 1. The highest BCUT2D eigenvalue weighted by molar-refractivity contribution is 6.33. The van der Waals surface area contributed by atoms with Gasteiger partial charge in [-0.3, -0.25) is 4.79 Å². The third-order valence-electron chi connectivity index (χ3n) is 3.50. The maximum Gasteiger partial charge on any atom is 0.255 e. The first-order valence-corrected chi connectivity index (χ1v) is 7.21. The molecule has 2 rings (SSSR count). The van der Waals surface area contributed by atoms with Crippen molar-refractivity contribution in [3.05, 3.63) is 22.8 Å². The molecule has 1 atom stereocenters. The van der Waals surface area contributed by atoms with E-state index in [1.165, 1.54) is 6.42 Å². The van der Waals surface area contributed by atoms with Gasteiger partial charge in [0.2, 0.25) is 0 Å². The zero-order chi connectivity index (χ0) is 13.8. The number of nitrogens with one attached hydrogen (secondary N) is 1. The highest BCUT2D eigenvalue weighted by Crippen LogP contribution is 2.23. The van der Waals surface area contributed by atoms with E-state index >= 15 is 0 Å². The molecule has 1 aliphatic rings. The van der Waals surface area contributed by atoms with E-state index in [0.29, 0.717) is 22.4 Å². The maximum atomic E-state index is 12.4. The SMILES string of the molecule is CCNc1ncc(C(=O)N2CCCCC2C)cc1Cl. The molecule has 1 aromatic rings. The Morgan fingerprint density at radius 1 is 1.58 bits per heavy atom. The summed E-state index contributed by atoms with van der Waals surface area (Å²) in [4.78, 5) is 18.6. The van der Waals surface area contributed by atoms with E-state index in [1.54, 1.807) is 12.3 Å². The van der Waals surface area contributed by atoms with Crippen LogP contribution in [-0.4, -0.2) is 34.9 Å². The van der Waals surface area contributed by atoms with E-state index in [9.17, 15) is 4.79 Å². The van der Waals surface area contributed by atoms with Crippen LogP contribution in [0.4, 0.5) is 5.82 Å². The lowest BCUT2D eigenvalue weighted by atomic mass is 10.0. The fraction of sp³-hybridized carbons (Fsp3) is 0.571. The van der Waals surface area contributed by atoms with Crippen LogP contribution < -0.4 is 5.32 Å². The summed E-state index contributed by atoms with van der Waals surface area (Å²) in [6.45, 7) is 5.65. The fourth-order valence-electron chi connectivity index (χ4n) is 2.42. The molecule has 0 saturated carbocycles. The summed E-state index contributed by atoms with van der Waals surface area (Å²) in [5.74, 6) is 0.664. The number of hydrogen-bond acceptors (Lipinski definition) is 3. The number of carbonyl (C=O) groups is 1. The van der Waals surface area contributed by atoms with Gasteiger partial charge < -0.3 is 10.2 Å². The number of likely N-dealkylation sites (tertiary alicyclic amines) is 1. The van der Waals surface area contributed by atoms with Crippen molar-refractivity contribution in [2.45, 2.75) is 39.2 Å². The molecule has 5 heteroatoms. The van der Waals surface area contributed by atoms with Gasteiger partial charge in [-0.1, -0.05) is 11.6 Å². The zero-order valence-corrected chi connectivity index (χ0v) is 12.2. The van der Waals surface area contributed by atoms with Crippen LogP contribution in [0.25, 0.3) is 0 Å². The Labute approximate surface area is 119 Å². The van der Waals surface area contributed by atoms with Gasteiger partial charge in [-0.2, -0.15) is 0 Å². The molecule has 104 valence electrons. The Kier molecular flexibility index (Phi) is 4.64. The lowest BCUT2D eigenvalue weighted by Crippen LogP contribution is -2.42. The second-order valence-electron chi connectivity index (χ2n) is 4.93. The molecule has 0 spiro atoms. The number of pyridine rings is 1. The summed E-state index contributed by atoms with van der Waals surface area (Å²) in [6.07, 6.45) is 4.95. The van der Waals surface area contributed by atoms with Gasteiger partial charge in [-0.25, -0.2) is 4.98 Å². The van der Waals surface area contributed by atoms with Crippen molar-refractivity contribution in [2.24, 2.45) is 0 Å². The molecule has 1 amide bonds. The molecular weight excluding hydrogens is 262 g/mol. The van der Waals surface area contributed by atoms with Crippen molar-refractivity contribution >= 4 is 23.3 Å². The largest absolute Gasteiger partial charge is 0.369 e. The van der Waals surface area contributed by atoms with Crippen LogP contribution >= 0.6 is 11.6 Å². The summed E-state index contributed by atoms with van der Waals surface area (Å²) in [6, 6.07) is 2.00. The number of amides is 1. The van der Waals surface area contributed by atoms with Crippen molar-refractivity contribution < 1.29 is 4.79 Å². The molecule has 0 aliphatic carbocycles. The van der Waals surface area contributed by atoms with Crippen molar-refractivity contribution in [2.75, 3.05) is 18.4 Å². The Morgan fingerprint density at radius 3 is 3.00 bits per heavy atom. The Balaban J connectivity index is 2.17. The predicted molar refractivity (Wildman–Crippen MR) is 77.8 cm³/mol. The monoisotopic (exact) mass is 281 g/mol. The molecule has 1 fully saturated rings. The average molecular weight is 282 g/mol. The average Bonchev–Trinajstić information content (AvgIpc) is 2.41. The maximum absolute atomic E-state index is 12.4. The minimum atomic E-state index is 0.0321. The van der Waals surface area contributed by atoms with Gasteiger partial charge in [-0.05, 0) is 39.2 Å². The second kappa shape index (κ2) is 6.24. The molecule has 1 saturated heterocycles. The summed E-state index contributed by atoms with van der Waals surface area (Å²) in [5.41, 5.74) is 0.570. The molecule has 2 heterocycles. The number of rotatable bonds is 3. The summed E-state index contributed by atoms with van der Waals surface area (Å²) < 4.78 is 0. The highest BCUT2D eigenvalue weighted by Gasteiger charge is 2.24. The quantitative estimate of drug-likeness (QED) is 0.925. The normalized spacial score (nSPS) is 19.3. The minimum absolute atomic E-state index is 0.0321. The molecular formula is C14H20ClN3O. The third-order valence-corrected chi connectivity index (χ3v) is 3.78. The predicted octanol–water partition coefficient (Wildman–Crippen LogP) is 3.18. The number of anilines is 1. The Morgan fingerprint density at radius 2 is 2.37 bits per heavy atom. The summed E-state index contributed by atoms with van der Waals surface area (Å²) in [7, 11) is 0. The van der Waals surface area contributed by atoms with E-state index in [-0.39, 0.29) is 5.91 Å². The van der Waals surface area contributed by atoms with Crippen molar-refractivity contribution in [1.29, 1.82) is 0 Å². The van der Waals surface area contributed by atoms with Gasteiger partial charge >= 0.3 is 0 Å². The van der Waals surface area contributed by atoms with Crippen LogP contribution in [0, 0.1) is 0 Å². The van der Waals surface area contributed by atoms with Gasteiger partial charge in [0.05, 0.1) is 10.6 Å². The number of piperidine rings is 1. The molecule has 1 unspecified atom stereocenters. The van der Waals surface area contributed by atoms with Crippen molar-refractivity contribution in [1.82, 2.24) is 9.88 Å². The van der Waals surface area contributed by atoms with Crippen molar-refractivity contribution in [3.63, 3.8) is 0 Å². The van der Waals surface area contributed by atoms with Crippen molar-refractivity contribution in [3.8, 4) is 0 Å². The van der Waals surface area contributed by atoms with E-state index in [2.05, 4.69) is 17.2 Å². The zero-order valence-electron chi connectivity index (χ0n) is 11.4. The second-order valence-corrected chi connectivity index (χ2v) is 5.34. The fourth-order valence-corrected chi connectivity index (χ4v) is 2.65. The van der Waals surface area contributed by atoms with Gasteiger partial charge in [0, 0.05) is 25.3 Å². The van der Waals surface area contributed by atoms with Crippen LogP contribution in [0.3, 0.4) is 0 Å². The lowest BCUT2D eigenvalue weighted by molar-refractivity contribution is 0.0635. The molecule has 0 bridgehead atoms. The van der Waals surface area contributed by atoms with E-state index in [1.807, 2.05) is 11.8 Å². The molecule has 1 aliphatic heterocycles. The molecule has 0 radical (unpaired) electrons. The molecule has 1 aromatic heterocycles. The minimum Gasteiger partial charge on any atom is -0.369 e. The van der Waals surface area contributed by atoms with E-state index in [4.69, 9.17) is 11.6 Å². The standard InChI is InChI=1S/C14H20ClN3O/c1-3-16-13-12(15)8-11(9-17-13)14(19)18-7-5-4-6-10(18)2/h8-10H,3-7H2,1-2H3,(H,16,17). The first-order chi connectivity index (χ1) is 9.13. The summed E-state index contributed by atoms with van der Waals surface area (Å²) in [5, 5.41) is 3.56. The van der Waals surface area contributed by atoms with Crippen LogP contribution in [-0.2, 0) is 0 Å². The molecule has 19 heavy (non-hydrogen) atoms. The molecule has 1 N–H and O–H groups in total. The topological polar surface area (TPSA) is 45.2 Å². The van der Waals surface area contributed by atoms with Crippen LogP contribution in [0.1, 0.15) is 43.5 Å². The van der Waals surface area contributed by atoms with E-state index < -0.39 is 0 Å². The number of carbonyl (C=O) groups excluding carboxylic acids is 1.